The van der Waals surface area contributed by atoms with Crippen LogP contribution in [-0.4, -0.2) is 23.6 Å². The molecule has 1 aliphatic carbocycles. The Morgan fingerprint density at radius 1 is 1.30 bits per heavy atom. The van der Waals surface area contributed by atoms with Crippen LogP contribution in [0.4, 0.5) is 8.78 Å². The summed E-state index contributed by atoms with van der Waals surface area (Å²) in [5.41, 5.74) is 6.24. The number of nitrogens with zero attached hydrogens (tertiary/aromatic N) is 1. The Hall–Kier alpha value is -1.53. The number of hydrogen-bond donors (Lipinski definition) is 1. The molecule has 3 rings (SSSR count). The summed E-state index contributed by atoms with van der Waals surface area (Å²) >= 11 is 0. The lowest BCUT2D eigenvalue weighted by atomic mass is 9.80. The van der Waals surface area contributed by atoms with Gasteiger partial charge >= 0.3 is 0 Å². The molecule has 2 aliphatic rings. The Bertz CT molecular complexity index is 532. The Kier molecular flexibility index (Phi) is 3.43. The first-order chi connectivity index (χ1) is 9.56. The van der Waals surface area contributed by atoms with E-state index in [0.717, 1.165) is 12.1 Å². The summed E-state index contributed by atoms with van der Waals surface area (Å²) < 4.78 is 26.3. The second kappa shape index (κ2) is 5.10. The summed E-state index contributed by atoms with van der Waals surface area (Å²) in [7, 11) is 0. The minimum absolute atomic E-state index is 0.0771. The second-order valence-corrected chi connectivity index (χ2v) is 5.40. The molecular formula is C14H16F2N2O2. The summed E-state index contributed by atoms with van der Waals surface area (Å²) in [6.45, 7) is 0.397. The number of hydroxylamine groups is 2. The van der Waals surface area contributed by atoms with Gasteiger partial charge in [-0.15, -0.1) is 0 Å². The minimum atomic E-state index is -0.910. The maximum absolute atomic E-state index is 13.3. The summed E-state index contributed by atoms with van der Waals surface area (Å²) in [5, 5.41) is 1.31. The van der Waals surface area contributed by atoms with E-state index in [2.05, 4.69) is 0 Å². The van der Waals surface area contributed by atoms with E-state index in [1.807, 2.05) is 0 Å². The van der Waals surface area contributed by atoms with E-state index in [1.54, 1.807) is 0 Å². The third kappa shape index (κ3) is 2.29. The topological polar surface area (TPSA) is 55.6 Å². The van der Waals surface area contributed by atoms with Gasteiger partial charge in [0, 0.05) is 18.4 Å². The molecule has 1 saturated carbocycles. The highest BCUT2D eigenvalue weighted by molar-refractivity contribution is 5.79. The van der Waals surface area contributed by atoms with Crippen molar-refractivity contribution in [3.63, 3.8) is 0 Å². The molecule has 0 spiro atoms. The SMILES string of the molecule is N[C@H]1C[C@@H](C(=O)N2OCC[C@H]2c2ccc(F)c(F)c2)C1. The predicted molar refractivity (Wildman–Crippen MR) is 67.2 cm³/mol. The van der Waals surface area contributed by atoms with Gasteiger partial charge in [-0.05, 0) is 30.5 Å². The number of halogens is 2. The number of carbonyl (C=O) groups excluding carboxylic acids is 1. The van der Waals surface area contributed by atoms with Crippen LogP contribution in [0.3, 0.4) is 0 Å². The van der Waals surface area contributed by atoms with Crippen LogP contribution in [0.2, 0.25) is 0 Å². The first-order valence-electron chi connectivity index (χ1n) is 6.73. The molecule has 4 nitrogen and oxygen atoms in total. The number of carbonyl (C=O) groups is 1. The van der Waals surface area contributed by atoms with E-state index < -0.39 is 11.6 Å². The number of rotatable bonds is 2. The highest BCUT2D eigenvalue weighted by Gasteiger charge is 2.40. The van der Waals surface area contributed by atoms with Crippen molar-refractivity contribution >= 4 is 5.91 Å². The molecule has 0 unspecified atom stereocenters. The predicted octanol–water partition coefficient (Wildman–Crippen LogP) is 1.91. The van der Waals surface area contributed by atoms with Gasteiger partial charge in [0.25, 0.3) is 0 Å². The normalized spacial score (nSPS) is 29.4. The first kappa shape index (κ1) is 13.5. The first-order valence-corrected chi connectivity index (χ1v) is 6.73. The van der Waals surface area contributed by atoms with Crippen LogP contribution in [-0.2, 0) is 9.63 Å². The van der Waals surface area contributed by atoms with Gasteiger partial charge in [-0.2, -0.15) is 0 Å². The molecule has 1 saturated heterocycles. The standard InChI is InChI=1S/C14H16F2N2O2/c15-11-2-1-8(7-12(11)16)13-3-4-20-18(13)14(19)9-5-10(17)6-9/h1-2,7,9-10,13H,3-6,17H2/t9-,10+,13-/m0/s1. The third-order valence-corrected chi connectivity index (χ3v) is 3.97. The molecule has 6 heteroatoms. The molecule has 1 aromatic carbocycles. The van der Waals surface area contributed by atoms with E-state index in [1.165, 1.54) is 11.1 Å². The molecule has 20 heavy (non-hydrogen) atoms. The zero-order valence-corrected chi connectivity index (χ0v) is 10.9. The van der Waals surface area contributed by atoms with Crippen LogP contribution >= 0.6 is 0 Å². The van der Waals surface area contributed by atoms with Crippen LogP contribution in [0, 0.1) is 17.6 Å². The van der Waals surface area contributed by atoms with Gasteiger partial charge in [-0.25, -0.2) is 13.8 Å². The van der Waals surface area contributed by atoms with Crippen molar-refractivity contribution in [2.75, 3.05) is 6.61 Å². The van der Waals surface area contributed by atoms with Crippen molar-refractivity contribution in [3.8, 4) is 0 Å². The fourth-order valence-corrected chi connectivity index (χ4v) is 2.75. The zero-order valence-electron chi connectivity index (χ0n) is 10.9. The molecule has 1 aliphatic heterocycles. The zero-order chi connectivity index (χ0) is 14.3. The van der Waals surface area contributed by atoms with Crippen molar-refractivity contribution in [2.24, 2.45) is 11.7 Å². The molecule has 108 valence electrons. The van der Waals surface area contributed by atoms with Crippen LogP contribution in [0.15, 0.2) is 18.2 Å². The fraction of sp³-hybridized carbons (Fsp3) is 0.500. The lowest BCUT2D eigenvalue weighted by molar-refractivity contribution is -0.185. The van der Waals surface area contributed by atoms with E-state index >= 15 is 0 Å². The molecule has 1 aromatic rings. The van der Waals surface area contributed by atoms with Gasteiger partial charge in [0.15, 0.2) is 11.6 Å². The van der Waals surface area contributed by atoms with Crippen molar-refractivity contribution in [2.45, 2.75) is 31.3 Å². The Labute approximate surface area is 115 Å². The summed E-state index contributed by atoms with van der Waals surface area (Å²) in [6, 6.07) is 3.42. The monoisotopic (exact) mass is 282 g/mol. The third-order valence-electron chi connectivity index (χ3n) is 3.97. The van der Waals surface area contributed by atoms with Crippen LogP contribution in [0.5, 0.6) is 0 Å². The van der Waals surface area contributed by atoms with E-state index in [-0.39, 0.29) is 23.9 Å². The summed E-state index contributed by atoms with van der Waals surface area (Å²) in [6.07, 6.45) is 1.89. The van der Waals surface area contributed by atoms with E-state index in [9.17, 15) is 13.6 Å². The van der Waals surface area contributed by atoms with Gasteiger partial charge in [-0.3, -0.25) is 9.63 Å². The van der Waals surface area contributed by atoms with Gasteiger partial charge < -0.3 is 5.73 Å². The second-order valence-electron chi connectivity index (χ2n) is 5.40. The molecule has 1 heterocycles. The Morgan fingerprint density at radius 3 is 2.70 bits per heavy atom. The molecule has 1 amide bonds. The maximum atomic E-state index is 13.3. The van der Waals surface area contributed by atoms with Crippen molar-refractivity contribution in [1.82, 2.24) is 5.06 Å². The van der Waals surface area contributed by atoms with Crippen molar-refractivity contribution in [3.05, 3.63) is 35.4 Å². The highest BCUT2D eigenvalue weighted by atomic mass is 19.2. The number of nitrogens with two attached hydrogens (primary N) is 1. The Balaban J connectivity index is 1.78. The Morgan fingerprint density at radius 2 is 2.05 bits per heavy atom. The average molecular weight is 282 g/mol. The molecule has 0 aromatic heterocycles. The van der Waals surface area contributed by atoms with Gasteiger partial charge in [0.05, 0.1) is 12.6 Å². The molecule has 0 bridgehead atoms. The van der Waals surface area contributed by atoms with Gasteiger partial charge in [-0.1, -0.05) is 6.07 Å². The van der Waals surface area contributed by atoms with Crippen molar-refractivity contribution < 1.29 is 18.4 Å². The molecular weight excluding hydrogens is 266 g/mol. The number of benzene rings is 1. The quantitative estimate of drug-likeness (QED) is 0.901. The van der Waals surface area contributed by atoms with Crippen LogP contribution < -0.4 is 5.73 Å². The molecule has 2 fully saturated rings. The minimum Gasteiger partial charge on any atom is -0.328 e. The largest absolute Gasteiger partial charge is 0.328 e. The van der Waals surface area contributed by atoms with Crippen LogP contribution in [0.25, 0.3) is 0 Å². The van der Waals surface area contributed by atoms with Gasteiger partial charge in [0.1, 0.15) is 0 Å². The maximum Gasteiger partial charge on any atom is 0.249 e. The molecule has 1 atom stereocenters. The van der Waals surface area contributed by atoms with Crippen LogP contribution in [0.1, 0.15) is 30.9 Å². The van der Waals surface area contributed by atoms with Crippen molar-refractivity contribution in [1.29, 1.82) is 0 Å². The van der Waals surface area contributed by atoms with Gasteiger partial charge in [0.2, 0.25) is 5.91 Å². The smallest absolute Gasteiger partial charge is 0.249 e. The van der Waals surface area contributed by atoms with E-state index in [0.29, 0.717) is 31.4 Å². The number of hydrogen-bond acceptors (Lipinski definition) is 3. The molecule has 0 radical (unpaired) electrons. The van der Waals surface area contributed by atoms with E-state index in [4.69, 9.17) is 10.6 Å². The average Bonchev–Trinajstić information content (AvgIpc) is 2.87. The summed E-state index contributed by atoms with van der Waals surface area (Å²) in [4.78, 5) is 17.7. The lowest BCUT2D eigenvalue weighted by Crippen LogP contribution is -2.46. The summed E-state index contributed by atoms with van der Waals surface area (Å²) in [5.74, 6) is -2.03. The highest BCUT2D eigenvalue weighted by Crippen LogP contribution is 2.36. The lowest BCUT2D eigenvalue weighted by Gasteiger charge is -2.35. The fourth-order valence-electron chi connectivity index (χ4n) is 2.75. The number of amides is 1. The molecule has 2 N–H and O–H groups in total.